The van der Waals surface area contributed by atoms with Gasteiger partial charge in [0, 0.05) is 0 Å². The Labute approximate surface area is 65.2 Å². The Hall–Kier alpha value is 0.470. The summed E-state index contributed by atoms with van der Waals surface area (Å²) in [6.45, 7) is 3.28. The summed E-state index contributed by atoms with van der Waals surface area (Å²) in [7, 11) is 0. The van der Waals surface area contributed by atoms with Gasteiger partial charge in [-0.25, -0.2) is 0 Å². The topological polar surface area (TPSA) is 37.3 Å². The zero-order valence-corrected chi connectivity index (χ0v) is 3.93. The predicted octanol–water partition coefficient (Wildman–Crippen LogP) is 0.0785. The minimum atomic E-state index is -0.741. The molecule has 0 atom stereocenters. The van der Waals surface area contributed by atoms with Crippen molar-refractivity contribution >= 4 is 35.5 Å². The summed E-state index contributed by atoms with van der Waals surface area (Å²) in [6.07, 6.45) is 0. The Kier molecular flexibility index (Phi) is 6.90. The summed E-state index contributed by atoms with van der Waals surface area (Å²) in [4.78, 5) is 9.70. The number of hydrogen-bond donors (Lipinski definition) is 1. The van der Waals surface area contributed by atoms with E-state index in [0.717, 1.165) is 0 Å². The molecule has 0 unspecified atom stereocenters. The van der Waals surface area contributed by atoms with Gasteiger partial charge in [-0.15, -0.1) is 0 Å². The number of aliphatic carboxylic acids is 1. The third-order valence-electron chi connectivity index (χ3n) is 0.494. The maximum absolute atomic E-state index is 9.70. The van der Waals surface area contributed by atoms with Crippen molar-refractivity contribution in [3.8, 4) is 0 Å². The van der Waals surface area contributed by atoms with Crippen LogP contribution in [0.5, 0.6) is 0 Å². The van der Waals surface area contributed by atoms with Gasteiger partial charge in [0.1, 0.15) is 0 Å². The average molecular weight is 112 g/mol. The average Bonchev–Trinajstić information content (AvgIpc) is 1.36. The number of carboxylic acids is 1. The van der Waals surface area contributed by atoms with Gasteiger partial charge >= 0.3 is 35.5 Å². The van der Waals surface area contributed by atoms with Crippen molar-refractivity contribution in [3.05, 3.63) is 0 Å². The van der Waals surface area contributed by atoms with E-state index in [1.165, 1.54) is 0 Å². The van der Waals surface area contributed by atoms with Crippen LogP contribution in [0.4, 0.5) is 0 Å². The minimum absolute atomic E-state index is 0. The van der Waals surface area contributed by atoms with Gasteiger partial charge in [0.2, 0.25) is 0 Å². The van der Waals surface area contributed by atoms with Gasteiger partial charge in [0.25, 0.3) is 0 Å². The van der Waals surface area contributed by atoms with Gasteiger partial charge < -0.3 is 5.11 Å². The van der Waals surface area contributed by atoms with E-state index >= 15 is 0 Å². The molecule has 2 nitrogen and oxygen atoms in total. The predicted molar refractivity (Wildman–Crippen MR) is 29.6 cm³/mol. The maximum atomic E-state index is 9.70. The molecule has 0 radical (unpaired) electrons. The quantitative estimate of drug-likeness (QED) is 0.488. The molecular formula is C4H9NaO2. The fraction of sp³-hybridized carbons (Fsp3) is 0.750. The summed E-state index contributed by atoms with van der Waals surface area (Å²) in [5.74, 6) is -0.972. The van der Waals surface area contributed by atoms with E-state index in [4.69, 9.17) is 5.11 Å². The van der Waals surface area contributed by atoms with Crippen molar-refractivity contribution in [2.45, 2.75) is 13.8 Å². The molecule has 0 saturated carbocycles. The van der Waals surface area contributed by atoms with Crippen molar-refractivity contribution in [2.75, 3.05) is 0 Å². The molecule has 0 aromatic heterocycles. The molecule has 0 heterocycles. The number of carboxylic acid groups (broad SMARTS) is 1. The molecule has 38 valence electrons. The second-order valence-corrected chi connectivity index (χ2v) is 1.49. The summed E-state index contributed by atoms with van der Waals surface area (Å²) in [6, 6.07) is 0. The fourth-order valence-corrected chi connectivity index (χ4v) is 0. The van der Waals surface area contributed by atoms with Crippen LogP contribution in [-0.4, -0.2) is 40.6 Å². The molecule has 7 heavy (non-hydrogen) atoms. The van der Waals surface area contributed by atoms with E-state index < -0.39 is 5.97 Å². The van der Waals surface area contributed by atoms with Crippen LogP contribution < -0.4 is 0 Å². The van der Waals surface area contributed by atoms with Crippen molar-refractivity contribution in [1.29, 1.82) is 0 Å². The van der Waals surface area contributed by atoms with E-state index in [-0.39, 0.29) is 35.5 Å². The number of rotatable bonds is 1. The van der Waals surface area contributed by atoms with E-state index in [2.05, 4.69) is 0 Å². The first kappa shape index (κ1) is 10.5. The van der Waals surface area contributed by atoms with Crippen LogP contribution in [0.1, 0.15) is 13.8 Å². The van der Waals surface area contributed by atoms with Gasteiger partial charge in [-0.3, -0.25) is 4.79 Å². The van der Waals surface area contributed by atoms with Gasteiger partial charge in [0.15, 0.2) is 0 Å². The molecule has 0 aromatic rings. The molecule has 1 N–H and O–H groups in total. The zero-order valence-electron chi connectivity index (χ0n) is 3.93. The third kappa shape index (κ3) is 6.47. The second-order valence-electron chi connectivity index (χ2n) is 1.49. The molecule has 0 aliphatic heterocycles. The summed E-state index contributed by atoms with van der Waals surface area (Å²) < 4.78 is 0. The summed E-state index contributed by atoms with van der Waals surface area (Å²) in [5, 5.41) is 7.99. The van der Waals surface area contributed by atoms with Crippen LogP contribution in [0.2, 0.25) is 0 Å². The molecule has 0 amide bonds. The van der Waals surface area contributed by atoms with E-state index in [0.29, 0.717) is 0 Å². The Morgan fingerprint density at radius 3 is 1.71 bits per heavy atom. The molecule has 0 bridgehead atoms. The normalized spacial score (nSPS) is 7.86. The first-order valence-corrected chi connectivity index (χ1v) is 1.87. The number of hydrogen-bond acceptors (Lipinski definition) is 1. The van der Waals surface area contributed by atoms with E-state index in [9.17, 15) is 4.79 Å². The van der Waals surface area contributed by atoms with Crippen molar-refractivity contribution in [3.63, 3.8) is 0 Å². The van der Waals surface area contributed by atoms with Crippen molar-refractivity contribution in [1.82, 2.24) is 0 Å². The van der Waals surface area contributed by atoms with Crippen LogP contribution in [0.25, 0.3) is 0 Å². The Morgan fingerprint density at radius 2 is 1.71 bits per heavy atom. The SMILES string of the molecule is CC(C)C(=O)O.[NaH]. The van der Waals surface area contributed by atoms with Crippen LogP contribution in [0, 0.1) is 5.92 Å². The van der Waals surface area contributed by atoms with Crippen molar-refractivity contribution in [2.24, 2.45) is 5.92 Å². The monoisotopic (exact) mass is 112 g/mol. The Bertz CT molecular complexity index is 60.7. The van der Waals surface area contributed by atoms with Gasteiger partial charge in [-0.05, 0) is 0 Å². The Balaban J connectivity index is 0. The van der Waals surface area contributed by atoms with Gasteiger partial charge in [-0.2, -0.15) is 0 Å². The molecule has 0 fully saturated rings. The fourth-order valence-electron chi connectivity index (χ4n) is 0. The molecule has 0 saturated heterocycles. The number of carbonyl (C=O) groups is 1. The van der Waals surface area contributed by atoms with Crippen molar-refractivity contribution < 1.29 is 9.90 Å². The molecule has 3 heteroatoms. The molecule has 0 aromatic carbocycles. The molecular weight excluding hydrogens is 103 g/mol. The van der Waals surface area contributed by atoms with Crippen LogP contribution in [0.15, 0.2) is 0 Å². The van der Waals surface area contributed by atoms with E-state index in [1.54, 1.807) is 13.8 Å². The molecule has 0 aliphatic rings. The summed E-state index contributed by atoms with van der Waals surface area (Å²) in [5.41, 5.74) is 0. The van der Waals surface area contributed by atoms with E-state index in [1.807, 2.05) is 0 Å². The third-order valence-corrected chi connectivity index (χ3v) is 0.494. The molecule has 0 aliphatic carbocycles. The van der Waals surface area contributed by atoms with Gasteiger partial charge in [-0.1, -0.05) is 13.8 Å². The Morgan fingerprint density at radius 1 is 1.57 bits per heavy atom. The second kappa shape index (κ2) is 4.62. The molecule has 0 rings (SSSR count). The van der Waals surface area contributed by atoms with Gasteiger partial charge in [0.05, 0.1) is 5.92 Å². The van der Waals surface area contributed by atoms with Crippen LogP contribution >= 0.6 is 0 Å². The first-order chi connectivity index (χ1) is 2.64. The van der Waals surface area contributed by atoms with Crippen LogP contribution in [-0.2, 0) is 4.79 Å². The standard InChI is InChI=1S/C4H8O2.Na.H/c1-3(2)4(5)6;;/h3H,1-2H3,(H,5,6);;. The van der Waals surface area contributed by atoms with Crippen LogP contribution in [0.3, 0.4) is 0 Å². The first-order valence-electron chi connectivity index (χ1n) is 1.87. The molecule has 0 spiro atoms. The zero-order chi connectivity index (χ0) is 5.15. The summed E-state index contributed by atoms with van der Waals surface area (Å²) >= 11 is 0.